The first-order valence-electron chi connectivity index (χ1n) is 6.34. The monoisotopic (exact) mass is 296 g/mol. The molecule has 2 rings (SSSR count). The number of carbonyl (C=O) groups is 3. The summed E-state index contributed by atoms with van der Waals surface area (Å²) in [7, 11) is 0. The molecule has 0 aromatic carbocycles. The van der Waals surface area contributed by atoms with Crippen LogP contribution in [0, 0.1) is 5.92 Å². The number of thiophene rings is 1. The molecule has 6 nitrogen and oxygen atoms in total. The quantitative estimate of drug-likeness (QED) is 0.874. The number of nitrogens with two attached hydrogens (primary N) is 1. The maximum Gasteiger partial charge on any atom is 0.326 e. The summed E-state index contributed by atoms with van der Waals surface area (Å²) in [6.45, 7) is 2.26. The van der Waals surface area contributed by atoms with E-state index in [-0.39, 0.29) is 17.4 Å². The largest absolute Gasteiger partial charge is 0.480 e. The van der Waals surface area contributed by atoms with Gasteiger partial charge < -0.3 is 15.7 Å². The summed E-state index contributed by atoms with van der Waals surface area (Å²) < 4.78 is 0. The fourth-order valence-electron chi connectivity index (χ4n) is 2.51. The van der Waals surface area contributed by atoms with Crippen molar-refractivity contribution in [1.82, 2.24) is 4.90 Å². The van der Waals surface area contributed by atoms with Crippen LogP contribution in [0.15, 0.2) is 11.4 Å². The van der Waals surface area contributed by atoms with Crippen LogP contribution in [0.3, 0.4) is 0 Å². The van der Waals surface area contributed by atoms with Crippen LogP contribution in [-0.4, -0.2) is 40.4 Å². The standard InChI is InChI=1S/C13H16N2O4S/c1-7-3-2-4-15(10(7)13(18)19)12(17)9-5-8(6-20-9)11(14)16/h5-7,10H,2-4H2,1H3,(H2,14,16)(H,18,19). The van der Waals surface area contributed by atoms with Gasteiger partial charge in [-0.15, -0.1) is 11.3 Å². The minimum Gasteiger partial charge on any atom is -0.480 e. The summed E-state index contributed by atoms with van der Waals surface area (Å²) in [6, 6.07) is 0.614. The van der Waals surface area contributed by atoms with Gasteiger partial charge in [0.15, 0.2) is 0 Å². The van der Waals surface area contributed by atoms with Gasteiger partial charge in [0.2, 0.25) is 5.91 Å². The first kappa shape index (κ1) is 14.5. The van der Waals surface area contributed by atoms with Gasteiger partial charge in [-0.05, 0) is 24.8 Å². The zero-order valence-electron chi connectivity index (χ0n) is 11.0. The number of carboxylic acids is 1. The van der Waals surface area contributed by atoms with Crippen molar-refractivity contribution in [3.05, 3.63) is 21.9 Å². The third-order valence-corrected chi connectivity index (χ3v) is 4.46. The average molecular weight is 296 g/mol. The number of primary amides is 1. The van der Waals surface area contributed by atoms with Gasteiger partial charge in [-0.3, -0.25) is 9.59 Å². The lowest BCUT2D eigenvalue weighted by Crippen LogP contribution is -2.51. The van der Waals surface area contributed by atoms with E-state index in [1.165, 1.54) is 16.3 Å². The molecule has 2 unspecified atom stereocenters. The van der Waals surface area contributed by atoms with E-state index in [4.69, 9.17) is 5.73 Å². The molecular weight excluding hydrogens is 280 g/mol. The maximum atomic E-state index is 12.4. The Bertz CT molecular complexity index is 554. The number of aliphatic carboxylic acids is 1. The summed E-state index contributed by atoms with van der Waals surface area (Å²) in [5, 5.41) is 10.8. The van der Waals surface area contributed by atoms with Crippen molar-refractivity contribution in [2.45, 2.75) is 25.8 Å². The topological polar surface area (TPSA) is 101 Å². The van der Waals surface area contributed by atoms with Crippen LogP contribution in [0.2, 0.25) is 0 Å². The minimum atomic E-state index is -0.989. The number of nitrogens with zero attached hydrogens (tertiary/aromatic N) is 1. The van der Waals surface area contributed by atoms with Crippen LogP contribution in [0.1, 0.15) is 39.8 Å². The molecule has 1 aromatic heterocycles. The lowest BCUT2D eigenvalue weighted by atomic mass is 9.90. The highest BCUT2D eigenvalue weighted by molar-refractivity contribution is 7.12. The van der Waals surface area contributed by atoms with E-state index in [0.717, 1.165) is 24.2 Å². The summed E-state index contributed by atoms with van der Waals surface area (Å²) in [4.78, 5) is 36.6. The molecule has 0 bridgehead atoms. The Labute approximate surface area is 120 Å². The highest BCUT2D eigenvalue weighted by Crippen LogP contribution is 2.27. The predicted molar refractivity (Wildman–Crippen MR) is 73.7 cm³/mol. The molecule has 1 fully saturated rings. The molecule has 0 saturated carbocycles. The second-order valence-corrected chi connectivity index (χ2v) is 5.88. The van der Waals surface area contributed by atoms with E-state index in [0.29, 0.717) is 11.4 Å². The Kier molecular flexibility index (Phi) is 4.08. The van der Waals surface area contributed by atoms with E-state index >= 15 is 0 Å². The predicted octanol–water partition coefficient (Wildman–Crippen LogP) is 1.17. The van der Waals surface area contributed by atoms with Crippen LogP contribution in [0.5, 0.6) is 0 Å². The first-order valence-corrected chi connectivity index (χ1v) is 7.22. The molecule has 1 aliphatic heterocycles. The summed E-state index contributed by atoms with van der Waals surface area (Å²) in [5.41, 5.74) is 5.43. The molecule has 20 heavy (non-hydrogen) atoms. The van der Waals surface area contributed by atoms with Crippen LogP contribution in [0.4, 0.5) is 0 Å². The number of hydrogen-bond acceptors (Lipinski definition) is 4. The molecule has 2 amide bonds. The second-order valence-electron chi connectivity index (χ2n) is 4.97. The van der Waals surface area contributed by atoms with Crippen LogP contribution < -0.4 is 5.73 Å². The molecular formula is C13H16N2O4S. The van der Waals surface area contributed by atoms with Gasteiger partial charge in [0.25, 0.3) is 5.91 Å². The van der Waals surface area contributed by atoms with Gasteiger partial charge in [-0.25, -0.2) is 4.79 Å². The molecule has 0 aliphatic carbocycles. The van der Waals surface area contributed by atoms with E-state index in [2.05, 4.69) is 0 Å². The van der Waals surface area contributed by atoms with Crippen LogP contribution in [-0.2, 0) is 4.79 Å². The van der Waals surface area contributed by atoms with Gasteiger partial charge in [0, 0.05) is 11.9 Å². The second kappa shape index (κ2) is 5.62. The Morgan fingerprint density at radius 2 is 2.15 bits per heavy atom. The molecule has 1 aliphatic rings. The highest BCUT2D eigenvalue weighted by Gasteiger charge is 2.37. The van der Waals surface area contributed by atoms with Gasteiger partial charge in [0.1, 0.15) is 6.04 Å². The number of hydrogen-bond donors (Lipinski definition) is 2. The molecule has 2 atom stereocenters. The molecule has 2 heterocycles. The average Bonchev–Trinajstić information content (AvgIpc) is 2.86. The number of carbonyl (C=O) groups excluding carboxylic acids is 2. The molecule has 1 saturated heterocycles. The third kappa shape index (κ3) is 2.67. The SMILES string of the molecule is CC1CCCN(C(=O)c2cc(C(N)=O)cs2)C1C(=O)O. The van der Waals surface area contributed by atoms with Crippen molar-refractivity contribution in [1.29, 1.82) is 0 Å². The van der Waals surface area contributed by atoms with E-state index < -0.39 is 17.9 Å². The van der Waals surface area contributed by atoms with E-state index in [1.807, 2.05) is 6.92 Å². The van der Waals surface area contributed by atoms with Gasteiger partial charge in [-0.2, -0.15) is 0 Å². The van der Waals surface area contributed by atoms with Crippen molar-refractivity contribution < 1.29 is 19.5 Å². The van der Waals surface area contributed by atoms with E-state index in [1.54, 1.807) is 0 Å². The molecule has 7 heteroatoms. The Balaban J connectivity index is 2.25. The summed E-state index contributed by atoms with van der Waals surface area (Å²) in [5.74, 6) is -2.01. The third-order valence-electron chi connectivity index (χ3n) is 3.54. The van der Waals surface area contributed by atoms with E-state index in [9.17, 15) is 19.5 Å². The summed E-state index contributed by atoms with van der Waals surface area (Å²) in [6.07, 6.45) is 1.57. The summed E-state index contributed by atoms with van der Waals surface area (Å²) >= 11 is 1.11. The van der Waals surface area contributed by atoms with Crippen molar-refractivity contribution in [3.8, 4) is 0 Å². The van der Waals surface area contributed by atoms with Gasteiger partial charge in [-0.1, -0.05) is 6.92 Å². The van der Waals surface area contributed by atoms with Crippen molar-refractivity contribution >= 4 is 29.1 Å². The fourth-order valence-corrected chi connectivity index (χ4v) is 3.36. The minimum absolute atomic E-state index is 0.0826. The normalized spacial score (nSPS) is 22.6. The zero-order chi connectivity index (χ0) is 14.9. The van der Waals surface area contributed by atoms with Crippen LogP contribution >= 0.6 is 11.3 Å². The molecule has 0 radical (unpaired) electrons. The van der Waals surface area contributed by atoms with Crippen molar-refractivity contribution in [2.75, 3.05) is 6.54 Å². The Morgan fingerprint density at radius 3 is 2.70 bits per heavy atom. The molecule has 108 valence electrons. The number of amides is 2. The first-order chi connectivity index (χ1) is 9.41. The van der Waals surface area contributed by atoms with Gasteiger partial charge >= 0.3 is 5.97 Å². The number of rotatable bonds is 3. The number of piperidine rings is 1. The molecule has 1 aromatic rings. The lowest BCUT2D eigenvalue weighted by Gasteiger charge is -2.37. The highest BCUT2D eigenvalue weighted by atomic mass is 32.1. The fraction of sp³-hybridized carbons (Fsp3) is 0.462. The molecule has 0 spiro atoms. The smallest absolute Gasteiger partial charge is 0.326 e. The molecule has 3 N–H and O–H groups in total. The van der Waals surface area contributed by atoms with Crippen molar-refractivity contribution in [2.24, 2.45) is 11.7 Å². The van der Waals surface area contributed by atoms with Crippen LogP contribution in [0.25, 0.3) is 0 Å². The number of likely N-dealkylation sites (tertiary alicyclic amines) is 1. The Morgan fingerprint density at radius 1 is 1.45 bits per heavy atom. The number of carboxylic acid groups (broad SMARTS) is 1. The van der Waals surface area contributed by atoms with Crippen molar-refractivity contribution in [3.63, 3.8) is 0 Å². The zero-order valence-corrected chi connectivity index (χ0v) is 11.9. The Hall–Kier alpha value is -1.89. The van der Waals surface area contributed by atoms with Gasteiger partial charge in [0.05, 0.1) is 10.4 Å². The maximum absolute atomic E-state index is 12.4. The lowest BCUT2D eigenvalue weighted by molar-refractivity contribution is -0.145.